The van der Waals surface area contributed by atoms with Gasteiger partial charge in [-0.3, -0.25) is 4.79 Å². The van der Waals surface area contributed by atoms with E-state index in [1.54, 1.807) is 18.3 Å². The normalized spacial score (nSPS) is 11.1. The minimum Gasteiger partial charge on any atom is -0.352 e. The highest BCUT2D eigenvalue weighted by Crippen LogP contribution is 2.10. The van der Waals surface area contributed by atoms with Gasteiger partial charge in [0.2, 0.25) is 0 Å². The maximum absolute atomic E-state index is 12.4. The topological polar surface area (TPSA) is 103 Å². The lowest BCUT2D eigenvalue weighted by atomic mass is 10.2. The van der Waals surface area contributed by atoms with Gasteiger partial charge in [0, 0.05) is 35.8 Å². The molecule has 9 heteroatoms. The van der Waals surface area contributed by atoms with Crippen molar-refractivity contribution in [2.45, 2.75) is 26.7 Å². The second kappa shape index (κ2) is 7.55. The smallest absolute Gasteiger partial charge is 0.251 e. The molecule has 28 heavy (non-hydrogen) atoms. The number of fused-ring (bicyclic) bond motifs is 1. The molecule has 0 spiro atoms. The van der Waals surface area contributed by atoms with E-state index in [4.69, 9.17) is 0 Å². The Hall–Kier alpha value is -3.62. The molecule has 0 radical (unpaired) electrons. The molecule has 0 aromatic carbocycles. The Balaban J connectivity index is 1.34. The van der Waals surface area contributed by atoms with Gasteiger partial charge in [-0.05, 0) is 44.9 Å². The zero-order valence-electron chi connectivity index (χ0n) is 15.7. The number of nitrogens with zero attached hydrogens (tertiary/aromatic N) is 7. The van der Waals surface area contributed by atoms with Gasteiger partial charge in [-0.15, -0.1) is 0 Å². The summed E-state index contributed by atoms with van der Waals surface area (Å²) >= 11 is 0. The lowest BCUT2D eigenvalue weighted by molar-refractivity contribution is 0.0953. The van der Waals surface area contributed by atoms with Gasteiger partial charge >= 0.3 is 0 Å². The van der Waals surface area contributed by atoms with Crippen LogP contribution in [0.4, 0.5) is 0 Å². The van der Waals surface area contributed by atoms with Crippen molar-refractivity contribution >= 4 is 11.6 Å². The standard InChI is InChI=1S/C19H20N8O/c1-13-8-14(2)27-18(24-13)10-16(25-27)4-3-6-22-19(28)15-5-7-21-17(9-15)26-12-20-11-23-26/h5,7-12H,3-4,6H2,1-2H3,(H,22,28). The van der Waals surface area contributed by atoms with Gasteiger partial charge in [0.15, 0.2) is 11.5 Å². The number of pyridine rings is 1. The summed E-state index contributed by atoms with van der Waals surface area (Å²) < 4.78 is 3.36. The number of hydrogen-bond acceptors (Lipinski definition) is 6. The lowest BCUT2D eigenvalue weighted by Gasteiger charge is -2.06. The molecular weight excluding hydrogens is 356 g/mol. The lowest BCUT2D eigenvalue weighted by Crippen LogP contribution is -2.25. The van der Waals surface area contributed by atoms with Crippen LogP contribution in [0.2, 0.25) is 0 Å². The number of amides is 1. The summed E-state index contributed by atoms with van der Waals surface area (Å²) in [6.07, 6.45) is 6.10. The zero-order chi connectivity index (χ0) is 19.5. The monoisotopic (exact) mass is 376 g/mol. The molecule has 0 aliphatic carbocycles. The van der Waals surface area contributed by atoms with Gasteiger partial charge in [0.25, 0.3) is 5.91 Å². The molecule has 0 unspecified atom stereocenters. The Morgan fingerprint density at radius 2 is 2.11 bits per heavy atom. The summed E-state index contributed by atoms with van der Waals surface area (Å²) in [5.74, 6) is 0.403. The van der Waals surface area contributed by atoms with Crippen LogP contribution in [0.25, 0.3) is 11.5 Å². The number of aromatic nitrogens is 7. The number of rotatable bonds is 6. The Kier molecular flexibility index (Phi) is 4.79. The predicted octanol–water partition coefficient (Wildman–Crippen LogP) is 1.68. The molecule has 0 saturated carbocycles. The minimum atomic E-state index is -0.146. The van der Waals surface area contributed by atoms with Crippen LogP contribution in [0.5, 0.6) is 0 Å². The zero-order valence-corrected chi connectivity index (χ0v) is 15.7. The third kappa shape index (κ3) is 3.73. The first-order chi connectivity index (χ1) is 13.6. The van der Waals surface area contributed by atoms with E-state index in [1.165, 1.54) is 17.3 Å². The average Bonchev–Trinajstić information content (AvgIpc) is 3.35. The molecule has 4 aromatic rings. The van der Waals surface area contributed by atoms with Gasteiger partial charge in [-0.1, -0.05) is 0 Å². The molecule has 0 atom stereocenters. The summed E-state index contributed by atoms with van der Waals surface area (Å²) in [4.78, 5) is 25.0. The van der Waals surface area contributed by atoms with Crippen molar-refractivity contribution in [3.8, 4) is 5.82 Å². The van der Waals surface area contributed by atoms with Crippen molar-refractivity contribution < 1.29 is 4.79 Å². The van der Waals surface area contributed by atoms with Crippen LogP contribution in [0.1, 0.15) is 33.9 Å². The maximum Gasteiger partial charge on any atom is 0.251 e. The Labute approximate surface area is 161 Å². The molecule has 0 bridgehead atoms. The van der Waals surface area contributed by atoms with E-state index in [1.807, 2.05) is 30.5 Å². The van der Waals surface area contributed by atoms with Crippen molar-refractivity contribution in [2.75, 3.05) is 6.54 Å². The quantitative estimate of drug-likeness (QED) is 0.514. The van der Waals surface area contributed by atoms with Gasteiger partial charge < -0.3 is 5.32 Å². The fraction of sp³-hybridized carbons (Fsp3) is 0.263. The molecule has 1 N–H and O–H groups in total. The van der Waals surface area contributed by atoms with Gasteiger partial charge in [0.1, 0.15) is 12.7 Å². The first kappa shape index (κ1) is 17.8. The predicted molar refractivity (Wildman–Crippen MR) is 102 cm³/mol. The van der Waals surface area contributed by atoms with Crippen LogP contribution in [0.3, 0.4) is 0 Å². The van der Waals surface area contributed by atoms with Crippen molar-refractivity contribution in [1.82, 2.24) is 39.7 Å². The summed E-state index contributed by atoms with van der Waals surface area (Å²) in [7, 11) is 0. The van der Waals surface area contributed by atoms with E-state index in [-0.39, 0.29) is 5.91 Å². The Morgan fingerprint density at radius 3 is 2.93 bits per heavy atom. The fourth-order valence-electron chi connectivity index (χ4n) is 3.04. The van der Waals surface area contributed by atoms with Crippen molar-refractivity contribution in [2.24, 2.45) is 0 Å². The molecule has 4 aromatic heterocycles. The minimum absolute atomic E-state index is 0.146. The van der Waals surface area contributed by atoms with E-state index in [2.05, 4.69) is 30.5 Å². The second-order valence-electron chi connectivity index (χ2n) is 6.55. The van der Waals surface area contributed by atoms with E-state index in [9.17, 15) is 4.79 Å². The molecular formula is C19H20N8O. The number of hydrogen-bond donors (Lipinski definition) is 1. The van der Waals surface area contributed by atoms with Crippen LogP contribution in [0.15, 0.2) is 43.1 Å². The molecule has 0 aliphatic rings. The van der Waals surface area contributed by atoms with Crippen molar-refractivity contribution in [3.05, 3.63) is 65.8 Å². The number of carbonyl (C=O) groups excluding carboxylic acids is 1. The molecule has 0 aliphatic heterocycles. The van der Waals surface area contributed by atoms with Gasteiger partial charge in [-0.25, -0.2) is 24.1 Å². The number of nitrogens with one attached hydrogen (secondary N) is 1. The highest BCUT2D eigenvalue weighted by Gasteiger charge is 2.09. The summed E-state index contributed by atoms with van der Waals surface area (Å²) in [6, 6.07) is 7.36. The van der Waals surface area contributed by atoms with E-state index in [0.29, 0.717) is 17.9 Å². The summed E-state index contributed by atoms with van der Waals surface area (Å²) in [5.41, 5.74) is 4.39. The average molecular weight is 376 g/mol. The second-order valence-corrected chi connectivity index (χ2v) is 6.55. The first-order valence-corrected chi connectivity index (χ1v) is 9.02. The van der Waals surface area contributed by atoms with E-state index in [0.717, 1.165) is 35.6 Å². The molecule has 4 heterocycles. The van der Waals surface area contributed by atoms with Crippen molar-refractivity contribution in [1.29, 1.82) is 0 Å². The van der Waals surface area contributed by atoms with Crippen LogP contribution in [-0.4, -0.2) is 46.8 Å². The number of aryl methyl sites for hydroxylation is 3. The molecule has 0 saturated heterocycles. The van der Waals surface area contributed by atoms with Crippen LogP contribution < -0.4 is 5.32 Å². The van der Waals surface area contributed by atoms with Crippen molar-refractivity contribution in [3.63, 3.8) is 0 Å². The Morgan fingerprint density at radius 1 is 1.21 bits per heavy atom. The summed E-state index contributed by atoms with van der Waals surface area (Å²) in [6.45, 7) is 4.54. The van der Waals surface area contributed by atoms with Crippen LogP contribution in [0, 0.1) is 13.8 Å². The maximum atomic E-state index is 12.4. The highest BCUT2D eigenvalue weighted by atomic mass is 16.1. The third-order valence-corrected chi connectivity index (χ3v) is 4.34. The molecule has 4 rings (SSSR count). The van der Waals surface area contributed by atoms with Crippen LogP contribution in [-0.2, 0) is 6.42 Å². The number of carbonyl (C=O) groups is 1. The fourth-order valence-corrected chi connectivity index (χ4v) is 3.04. The molecule has 1 amide bonds. The molecule has 142 valence electrons. The molecule has 0 fully saturated rings. The molecule has 9 nitrogen and oxygen atoms in total. The van der Waals surface area contributed by atoms with E-state index < -0.39 is 0 Å². The van der Waals surface area contributed by atoms with Crippen LogP contribution >= 0.6 is 0 Å². The largest absolute Gasteiger partial charge is 0.352 e. The van der Waals surface area contributed by atoms with Gasteiger partial charge in [0.05, 0.1) is 5.69 Å². The summed E-state index contributed by atoms with van der Waals surface area (Å²) in [5, 5.41) is 11.5. The van der Waals surface area contributed by atoms with E-state index >= 15 is 0 Å². The van der Waals surface area contributed by atoms with Gasteiger partial charge in [-0.2, -0.15) is 10.2 Å². The third-order valence-electron chi connectivity index (χ3n) is 4.34. The highest BCUT2D eigenvalue weighted by molar-refractivity contribution is 5.94. The Bertz CT molecular complexity index is 1120. The first-order valence-electron chi connectivity index (χ1n) is 9.02. The SMILES string of the molecule is Cc1cc(C)n2nc(CCCNC(=O)c3ccnc(-n4cncn4)c3)cc2n1.